The van der Waals surface area contributed by atoms with E-state index in [9.17, 15) is 22.0 Å². The van der Waals surface area contributed by atoms with E-state index in [0.29, 0.717) is 12.5 Å². The molecule has 1 N–H and O–H groups in total. The van der Waals surface area contributed by atoms with Crippen molar-refractivity contribution >= 4 is 21.5 Å². The Hall–Kier alpha value is -3.10. The molecule has 1 spiro atoms. The molecule has 1 saturated carbocycles. The van der Waals surface area contributed by atoms with E-state index in [4.69, 9.17) is 0 Å². The fourth-order valence-electron chi connectivity index (χ4n) is 5.93. The normalized spacial score (nSPS) is 18.6. The van der Waals surface area contributed by atoms with Gasteiger partial charge in [-0.2, -0.15) is 0 Å². The molecule has 3 aliphatic rings. The number of likely N-dealkylation sites (N-methyl/N-ethyl adjacent to an activating group) is 1. The van der Waals surface area contributed by atoms with Crippen molar-refractivity contribution in [2.24, 2.45) is 0 Å². The number of nitrogens with zero attached hydrogens (tertiary/aromatic N) is 1. The lowest BCUT2D eigenvalue weighted by atomic mass is 9.64. The fourth-order valence-corrected chi connectivity index (χ4v) is 7.03. The van der Waals surface area contributed by atoms with Crippen LogP contribution in [0, 0.1) is 11.6 Å². The van der Waals surface area contributed by atoms with Gasteiger partial charge in [0.1, 0.15) is 22.3 Å². The third-order valence-corrected chi connectivity index (χ3v) is 9.41. The molecule has 2 aliphatic carbocycles. The van der Waals surface area contributed by atoms with E-state index in [1.165, 1.54) is 11.1 Å². The number of carbonyl (C=O) groups excluding carboxylic acids is 1. The van der Waals surface area contributed by atoms with Crippen LogP contribution in [0.15, 0.2) is 53.4 Å². The molecule has 1 fully saturated rings. The summed E-state index contributed by atoms with van der Waals surface area (Å²) in [7, 11) is -2.24. The highest BCUT2D eigenvalue weighted by atomic mass is 32.2. The van der Waals surface area contributed by atoms with Crippen molar-refractivity contribution < 1.29 is 22.0 Å². The molecule has 0 atom stereocenters. The molecule has 186 valence electrons. The van der Waals surface area contributed by atoms with Crippen LogP contribution in [0.3, 0.4) is 0 Å². The van der Waals surface area contributed by atoms with Gasteiger partial charge < -0.3 is 4.90 Å². The molecule has 0 unspecified atom stereocenters. The zero-order chi connectivity index (χ0) is 25.2. The summed E-state index contributed by atoms with van der Waals surface area (Å²) in [6, 6.07) is 12.1. The zero-order valence-corrected chi connectivity index (χ0v) is 20.7. The second-order valence-corrected chi connectivity index (χ2v) is 11.9. The minimum Gasteiger partial charge on any atom is -0.302 e. The summed E-state index contributed by atoms with van der Waals surface area (Å²) in [5.74, 6) is -1.84. The topological polar surface area (TPSA) is 66.5 Å². The molecule has 6 rings (SSSR count). The van der Waals surface area contributed by atoms with Gasteiger partial charge in [-0.1, -0.05) is 18.6 Å². The van der Waals surface area contributed by atoms with Gasteiger partial charge in [0, 0.05) is 31.3 Å². The van der Waals surface area contributed by atoms with Gasteiger partial charge in [0.25, 0.3) is 10.0 Å². The fraction of sp³-hybridized carbons (Fsp3) is 0.321. The summed E-state index contributed by atoms with van der Waals surface area (Å²) >= 11 is 0. The Morgan fingerprint density at radius 3 is 2.53 bits per heavy atom. The SMILES string of the molecule is CN1CCc2ccc(-c3cc(NS(=O)(=O)c4ccc(F)cc4F)cc4c3CC(=O)C43CCC3)cc2C1. The Morgan fingerprint density at radius 1 is 1.00 bits per heavy atom. The number of rotatable bonds is 4. The van der Waals surface area contributed by atoms with E-state index in [-0.39, 0.29) is 11.5 Å². The molecule has 3 aromatic rings. The van der Waals surface area contributed by atoms with Crippen molar-refractivity contribution in [3.63, 3.8) is 0 Å². The molecule has 0 bridgehead atoms. The number of carbonyl (C=O) groups is 1. The van der Waals surface area contributed by atoms with E-state index in [2.05, 4.69) is 28.8 Å². The molecule has 0 radical (unpaired) electrons. The van der Waals surface area contributed by atoms with E-state index >= 15 is 0 Å². The van der Waals surface area contributed by atoms with Crippen molar-refractivity contribution in [2.45, 2.75) is 49.0 Å². The van der Waals surface area contributed by atoms with Gasteiger partial charge in [-0.15, -0.1) is 0 Å². The Labute approximate surface area is 209 Å². The molecule has 0 aromatic heterocycles. The number of sulfonamides is 1. The van der Waals surface area contributed by atoms with Gasteiger partial charge in [0.15, 0.2) is 0 Å². The van der Waals surface area contributed by atoms with Crippen molar-refractivity contribution in [3.8, 4) is 11.1 Å². The van der Waals surface area contributed by atoms with Crippen molar-refractivity contribution in [3.05, 3.63) is 82.4 Å². The van der Waals surface area contributed by atoms with Crippen LogP contribution in [-0.2, 0) is 39.6 Å². The number of Topliss-reactive ketones (excluding diaryl/α,β-unsaturated/α-hetero) is 1. The van der Waals surface area contributed by atoms with Crippen LogP contribution in [-0.4, -0.2) is 32.7 Å². The summed E-state index contributed by atoms with van der Waals surface area (Å²) in [5.41, 5.74) is 5.77. The molecular formula is C28H26F2N2O3S. The molecule has 5 nitrogen and oxygen atoms in total. The van der Waals surface area contributed by atoms with Crippen molar-refractivity contribution in [2.75, 3.05) is 18.3 Å². The quantitative estimate of drug-likeness (QED) is 0.541. The van der Waals surface area contributed by atoms with E-state index < -0.39 is 32.0 Å². The maximum atomic E-state index is 14.3. The first-order valence-corrected chi connectivity index (χ1v) is 13.6. The van der Waals surface area contributed by atoms with E-state index in [1.54, 1.807) is 12.1 Å². The van der Waals surface area contributed by atoms with Crippen molar-refractivity contribution in [1.29, 1.82) is 0 Å². The highest BCUT2D eigenvalue weighted by Gasteiger charge is 2.51. The lowest BCUT2D eigenvalue weighted by Gasteiger charge is -2.38. The van der Waals surface area contributed by atoms with Gasteiger partial charge in [-0.25, -0.2) is 17.2 Å². The molecule has 1 aliphatic heterocycles. The third-order valence-electron chi connectivity index (χ3n) is 8.00. The van der Waals surface area contributed by atoms with Gasteiger partial charge in [0.2, 0.25) is 0 Å². The second-order valence-electron chi connectivity index (χ2n) is 10.2. The van der Waals surface area contributed by atoms with Crippen LogP contribution in [0.2, 0.25) is 0 Å². The number of nitrogens with one attached hydrogen (secondary N) is 1. The Bertz CT molecular complexity index is 1530. The number of ketones is 1. The third kappa shape index (κ3) is 3.66. The van der Waals surface area contributed by atoms with Gasteiger partial charge in [-0.3, -0.25) is 9.52 Å². The van der Waals surface area contributed by atoms with Crippen LogP contribution < -0.4 is 4.72 Å². The first-order valence-electron chi connectivity index (χ1n) is 12.2. The predicted molar refractivity (Wildman–Crippen MR) is 133 cm³/mol. The minimum atomic E-state index is -4.32. The van der Waals surface area contributed by atoms with Crippen LogP contribution in [0.1, 0.15) is 41.5 Å². The first kappa shape index (κ1) is 23.3. The zero-order valence-electron chi connectivity index (χ0n) is 19.9. The monoisotopic (exact) mass is 508 g/mol. The maximum Gasteiger partial charge on any atom is 0.264 e. The molecule has 1 heterocycles. The highest BCUT2D eigenvalue weighted by molar-refractivity contribution is 7.92. The average molecular weight is 509 g/mol. The summed E-state index contributed by atoms with van der Waals surface area (Å²) < 4.78 is 56.3. The number of hydrogen-bond donors (Lipinski definition) is 1. The standard InChI is InChI=1S/C28H26F2N2O3S/c1-32-10-7-17-3-4-18(11-19(17)16-32)22-13-21(14-24-23(22)15-27(33)28(24)8-2-9-28)31-36(34,35)26-6-5-20(29)12-25(26)30/h3-6,11-14,31H,2,7-10,15-16H2,1H3. The molecule has 36 heavy (non-hydrogen) atoms. The molecule has 8 heteroatoms. The summed E-state index contributed by atoms with van der Waals surface area (Å²) in [6.07, 6.45) is 3.73. The highest BCUT2D eigenvalue weighted by Crippen LogP contribution is 2.53. The van der Waals surface area contributed by atoms with Gasteiger partial charge in [-0.05, 0) is 90.0 Å². The summed E-state index contributed by atoms with van der Waals surface area (Å²) in [4.78, 5) is 14.8. The maximum absolute atomic E-state index is 14.3. The Morgan fingerprint density at radius 2 is 1.81 bits per heavy atom. The van der Waals surface area contributed by atoms with E-state index in [0.717, 1.165) is 73.2 Å². The number of hydrogen-bond acceptors (Lipinski definition) is 4. The lowest BCUT2D eigenvalue weighted by Crippen LogP contribution is -2.39. The summed E-state index contributed by atoms with van der Waals surface area (Å²) in [6.45, 7) is 1.82. The van der Waals surface area contributed by atoms with Crippen LogP contribution >= 0.6 is 0 Å². The van der Waals surface area contributed by atoms with Crippen LogP contribution in [0.5, 0.6) is 0 Å². The predicted octanol–water partition coefficient (Wildman–Crippen LogP) is 4.97. The molecule has 0 saturated heterocycles. The Balaban J connectivity index is 1.48. The summed E-state index contributed by atoms with van der Waals surface area (Å²) in [5, 5.41) is 0. The Kier molecular flexibility index (Phi) is 5.32. The lowest BCUT2D eigenvalue weighted by molar-refractivity contribution is -0.125. The van der Waals surface area contributed by atoms with E-state index in [1.807, 2.05) is 6.07 Å². The first-order chi connectivity index (χ1) is 17.2. The van der Waals surface area contributed by atoms with Crippen LogP contribution in [0.25, 0.3) is 11.1 Å². The second kappa shape index (κ2) is 8.21. The number of fused-ring (bicyclic) bond motifs is 3. The number of halogens is 2. The largest absolute Gasteiger partial charge is 0.302 e. The van der Waals surface area contributed by atoms with Crippen molar-refractivity contribution in [1.82, 2.24) is 4.90 Å². The molecule has 0 amide bonds. The molecular weight excluding hydrogens is 482 g/mol. The molecule has 3 aromatic carbocycles. The smallest absolute Gasteiger partial charge is 0.264 e. The van der Waals surface area contributed by atoms with Gasteiger partial charge in [0.05, 0.1) is 5.41 Å². The van der Waals surface area contributed by atoms with Crippen LogP contribution in [0.4, 0.5) is 14.5 Å². The number of anilines is 1. The van der Waals surface area contributed by atoms with Gasteiger partial charge >= 0.3 is 0 Å². The average Bonchev–Trinajstić information content (AvgIpc) is 3.09. The number of benzene rings is 3. The minimum absolute atomic E-state index is 0.173.